The standard InChI is InChI=1S/C20H20N4O/c1-14-8-9-17(22)18(11-14)23-13-16(12-21)20(25)24-10-4-6-15-5-2-3-7-19(15)24/h2-3,5,7-9,11,13,23H,4,6,10,22H2,1H3/b16-13-. The van der Waals surface area contributed by atoms with E-state index in [4.69, 9.17) is 5.73 Å². The van der Waals surface area contributed by atoms with Gasteiger partial charge in [0.25, 0.3) is 5.91 Å². The van der Waals surface area contributed by atoms with Crippen LogP contribution in [0.25, 0.3) is 0 Å². The predicted octanol–water partition coefficient (Wildman–Crippen LogP) is 3.38. The fourth-order valence-corrected chi connectivity index (χ4v) is 2.98. The van der Waals surface area contributed by atoms with Crippen LogP contribution in [0.3, 0.4) is 0 Å². The van der Waals surface area contributed by atoms with E-state index in [1.165, 1.54) is 6.20 Å². The van der Waals surface area contributed by atoms with Crippen LogP contribution in [0, 0.1) is 18.3 Å². The third-order valence-corrected chi connectivity index (χ3v) is 4.29. The number of nitrogens with zero attached hydrogens (tertiary/aromatic N) is 2. The van der Waals surface area contributed by atoms with E-state index in [0.717, 1.165) is 29.7 Å². The maximum atomic E-state index is 12.8. The molecular weight excluding hydrogens is 312 g/mol. The van der Waals surface area contributed by atoms with Gasteiger partial charge in [0.15, 0.2) is 0 Å². The van der Waals surface area contributed by atoms with Gasteiger partial charge in [0.05, 0.1) is 11.4 Å². The quantitative estimate of drug-likeness (QED) is 0.513. The highest BCUT2D eigenvalue weighted by atomic mass is 16.2. The van der Waals surface area contributed by atoms with E-state index in [1.807, 2.05) is 49.4 Å². The number of hydrogen-bond donors (Lipinski definition) is 2. The van der Waals surface area contributed by atoms with Gasteiger partial charge >= 0.3 is 0 Å². The third kappa shape index (κ3) is 3.48. The van der Waals surface area contributed by atoms with Crippen LogP contribution in [0.2, 0.25) is 0 Å². The molecule has 0 spiro atoms. The van der Waals surface area contributed by atoms with Gasteiger partial charge in [-0.3, -0.25) is 4.79 Å². The summed E-state index contributed by atoms with van der Waals surface area (Å²) in [5, 5.41) is 12.4. The summed E-state index contributed by atoms with van der Waals surface area (Å²) in [5.74, 6) is -0.298. The second-order valence-electron chi connectivity index (χ2n) is 6.09. The SMILES string of the molecule is Cc1ccc(N)c(N/C=C(/C#N)C(=O)N2CCCc3ccccc32)c1. The van der Waals surface area contributed by atoms with Crippen molar-refractivity contribution in [2.75, 3.05) is 22.5 Å². The van der Waals surface area contributed by atoms with Crippen molar-refractivity contribution in [3.63, 3.8) is 0 Å². The average Bonchev–Trinajstić information content (AvgIpc) is 2.64. The normalized spacial score (nSPS) is 13.8. The van der Waals surface area contributed by atoms with Crippen molar-refractivity contribution in [2.45, 2.75) is 19.8 Å². The Morgan fingerprint density at radius 2 is 2.12 bits per heavy atom. The van der Waals surface area contributed by atoms with Gasteiger partial charge in [-0.05, 0) is 49.1 Å². The summed E-state index contributed by atoms with van der Waals surface area (Å²) in [7, 11) is 0. The zero-order valence-corrected chi connectivity index (χ0v) is 14.1. The van der Waals surface area contributed by atoms with E-state index in [9.17, 15) is 10.1 Å². The van der Waals surface area contributed by atoms with E-state index >= 15 is 0 Å². The van der Waals surface area contributed by atoms with Crippen LogP contribution >= 0.6 is 0 Å². The molecule has 0 bridgehead atoms. The topological polar surface area (TPSA) is 82.1 Å². The average molecular weight is 332 g/mol. The molecule has 5 heteroatoms. The Morgan fingerprint density at radius 3 is 2.92 bits per heavy atom. The lowest BCUT2D eigenvalue weighted by Gasteiger charge is -2.29. The van der Waals surface area contributed by atoms with Crippen molar-refractivity contribution in [3.05, 3.63) is 65.4 Å². The number of para-hydroxylation sites is 1. The number of nitrogens with two attached hydrogens (primary N) is 1. The molecule has 0 atom stereocenters. The van der Waals surface area contributed by atoms with E-state index in [2.05, 4.69) is 5.32 Å². The molecule has 1 heterocycles. The van der Waals surface area contributed by atoms with Gasteiger partial charge in [-0.1, -0.05) is 24.3 Å². The molecule has 0 aromatic heterocycles. The molecule has 3 N–H and O–H groups in total. The number of nitriles is 1. The Balaban J connectivity index is 1.85. The predicted molar refractivity (Wildman–Crippen MR) is 100 cm³/mol. The Labute approximate surface area is 147 Å². The summed E-state index contributed by atoms with van der Waals surface area (Å²) in [6.45, 7) is 2.57. The first-order valence-corrected chi connectivity index (χ1v) is 8.23. The zero-order valence-electron chi connectivity index (χ0n) is 14.1. The number of benzene rings is 2. The van der Waals surface area contributed by atoms with Gasteiger partial charge in [-0.15, -0.1) is 0 Å². The van der Waals surface area contributed by atoms with Crippen LogP contribution in [-0.2, 0) is 11.2 Å². The molecule has 0 aliphatic carbocycles. The summed E-state index contributed by atoms with van der Waals surface area (Å²) in [6, 6.07) is 15.4. The highest BCUT2D eigenvalue weighted by Crippen LogP contribution is 2.28. The fraction of sp³-hybridized carbons (Fsp3) is 0.200. The summed E-state index contributed by atoms with van der Waals surface area (Å²) < 4.78 is 0. The van der Waals surface area contributed by atoms with Gasteiger partial charge in [-0.25, -0.2) is 0 Å². The van der Waals surface area contributed by atoms with Crippen molar-refractivity contribution >= 4 is 23.0 Å². The number of hydrogen-bond acceptors (Lipinski definition) is 4. The maximum Gasteiger partial charge on any atom is 0.270 e. The van der Waals surface area contributed by atoms with Gasteiger partial charge in [0.1, 0.15) is 11.6 Å². The lowest BCUT2D eigenvalue weighted by Crippen LogP contribution is -2.36. The Morgan fingerprint density at radius 1 is 1.32 bits per heavy atom. The molecule has 0 saturated heterocycles. The van der Waals surface area contributed by atoms with Crippen molar-refractivity contribution in [3.8, 4) is 6.07 Å². The molecule has 1 aliphatic rings. The van der Waals surface area contributed by atoms with Crippen LogP contribution in [0.4, 0.5) is 17.1 Å². The number of nitrogens with one attached hydrogen (secondary N) is 1. The summed E-state index contributed by atoms with van der Waals surface area (Å²) in [6.07, 6.45) is 3.27. The first-order chi connectivity index (χ1) is 12.1. The Kier molecular flexibility index (Phi) is 4.71. The minimum absolute atomic E-state index is 0.0533. The number of nitrogen functional groups attached to an aromatic ring is 1. The zero-order chi connectivity index (χ0) is 17.8. The molecular formula is C20H20N4O. The number of anilines is 3. The van der Waals surface area contributed by atoms with Gasteiger partial charge < -0.3 is 16.0 Å². The smallest absolute Gasteiger partial charge is 0.270 e. The number of carbonyl (C=O) groups excluding carboxylic acids is 1. The van der Waals surface area contributed by atoms with Crippen LogP contribution in [0.1, 0.15) is 17.5 Å². The Bertz CT molecular complexity index is 880. The van der Waals surface area contributed by atoms with E-state index in [0.29, 0.717) is 17.9 Å². The van der Waals surface area contributed by atoms with Gasteiger partial charge in [0.2, 0.25) is 0 Å². The first-order valence-electron chi connectivity index (χ1n) is 8.23. The third-order valence-electron chi connectivity index (χ3n) is 4.29. The molecule has 2 aromatic carbocycles. The summed E-state index contributed by atoms with van der Waals surface area (Å²) in [5.41, 5.74) is 10.3. The van der Waals surface area contributed by atoms with Crippen molar-refractivity contribution in [1.82, 2.24) is 0 Å². The lowest BCUT2D eigenvalue weighted by molar-refractivity contribution is -0.114. The lowest BCUT2D eigenvalue weighted by atomic mass is 10.0. The molecule has 1 aliphatic heterocycles. The van der Waals surface area contributed by atoms with Crippen LogP contribution < -0.4 is 16.0 Å². The number of amides is 1. The van der Waals surface area contributed by atoms with Crippen molar-refractivity contribution in [2.24, 2.45) is 0 Å². The largest absolute Gasteiger partial charge is 0.397 e. The van der Waals surface area contributed by atoms with Gasteiger partial charge in [0, 0.05) is 18.4 Å². The molecule has 0 radical (unpaired) electrons. The minimum Gasteiger partial charge on any atom is -0.397 e. The molecule has 0 fully saturated rings. The van der Waals surface area contributed by atoms with Gasteiger partial charge in [-0.2, -0.15) is 5.26 Å². The molecule has 0 unspecified atom stereocenters. The second kappa shape index (κ2) is 7.10. The molecule has 0 saturated carbocycles. The van der Waals surface area contributed by atoms with Crippen LogP contribution in [0.5, 0.6) is 0 Å². The molecule has 25 heavy (non-hydrogen) atoms. The number of carbonyl (C=O) groups is 1. The summed E-state index contributed by atoms with van der Waals surface area (Å²) in [4.78, 5) is 14.5. The molecule has 2 aromatic rings. The monoisotopic (exact) mass is 332 g/mol. The van der Waals surface area contributed by atoms with E-state index in [1.54, 1.807) is 11.0 Å². The molecule has 1 amide bonds. The van der Waals surface area contributed by atoms with Crippen molar-refractivity contribution in [1.29, 1.82) is 5.26 Å². The van der Waals surface area contributed by atoms with E-state index < -0.39 is 0 Å². The number of rotatable bonds is 3. The highest BCUT2D eigenvalue weighted by molar-refractivity contribution is 6.09. The second-order valence-corrected chi connectivity index (χ2v) is 6.09. The van der Waals surface area contributed by atoms with Crippen LogP contribution in [0.15, 0.2) is 54.2 Å². The highest BCUT2D eigenvalue weighted by Gasteiger charge is 2.24. The Hall–Kier alpha value is -3.26. The van der Waals surface area contributed by atoms with Crippen molar-refractivity contribution < 1.29 is 4.79 Å². The maximum absolute atomic E-state index is 12.8. The number of fused-ring (bicyclic) bond motifs is 1. The van der Waals surface area contributed by atoms with Crippen LogP contribution in [-0.4, -0.2) is 12.5 Å². The summed E-state index contributed by atoms with van der Waals surface area (Å²) >= 11 is 0. The molecule has 126 valence electrons. The number of aryl methyl sites for hydroxylation is 2. The minimum atomic E-state index is -0.298. The fourth-order valence-electron chi connectivity index (χ4n) is 2.98. The molecule has 3 rings (SSSR count). The van der Waals surface area contributed by atoms with E-state index in [-0.39, 0.29) is 11.5 Å². The molecule has 5 nitrogen and oxygen atoms in total. The first kappa shape index (κ1) is 16.6.